The van der Waals surface area contributed by atoms with Gasteiger partial charge in [-0.3, -0.25) is 0 Å². The van der Waals surface area contributed by atoms with Gasteiger partial charge >= 0.3 is 0 Å². The van der Waals surface area contributed by atoms with E-state index < -0.39 is 23.3 Å². The van der Waals surface area contributed by atoms with E-state index in [1.165, 1.54) is 52.5 Å². The predicted octanol–water partition coefficient (Wildman–Crippen LogP) is 4.36. The molecule has 3 rings (SSSR count). The van der Waals surface area contributed by atoms with E-state index in [2.05, 4.69) is 5.73 Å². The lowest BCUT2D eigenvalue weighted by atomic mass is 9.98. The minimum absolute atomic E-state index is 0.0984. The number of nitrogens with zero attached hydrogens (tertiary/aromatic N) is 1. The number of aliphatic hydroxyl groups excluding tert-OH is 1. The Morgan fingerprint density at radius 1 is 0.943 bits per heavy atom. The Balaban J connectivity index is 0.00000210. The van der Waals surface area contributed by atoms with Crippen LogP contribution in [0.2, 0.25) is 0 Å². The number of carbonyl (C=O) groups is 1. The molecular weight excluding hydrogens is 478 g/mol. The molecule has 0 radical (unpaired) electrons. The summed E-state index contributed by atoms with van der Waals surface area (Å²) in [5.41, 5.74) is 4.49. The molecular formula is C25H28F2N2O5S. The number of para-hydroxylation sites is 1. The van der Waals surface area contributed by atoms with Gasteiger partial charge < -0.3 is 34.2 Å². The van der Waals surface area contributed by atoms with Crippen molar-refractivity contribution in [3.8, 4) is 17.2 Å². The van der Waals surface area contributed by atoms with Crippen LogP contribution in [0.3, 0.4) is 0 Å². The van der Waals surface area contributed by atoms with Gasteiger partial charge in [0.2, 0.25) is 0 Å². The Labute approximate surface area is 207 Å². The summed E-state index contributed by atoms with van der Waals surface area (Å²) in [5, 5.41) is 11.0. The van der Waals surface area contributed by atoms with Crippen LogP contribution < -0.4 is 24.2 Å². The number of nitrogens with two attached hydrogens (primary N) is 1. The van der Waals surface area contributed by atoms with E-state index in [0.717, 1.165) is 12.1 Å². The molecule has 0 bridgehead atoms. The number of aldehydes is 1. The number of halogens is 2. The average Bonchev–Trinajstić information content (AvgIpc) is 2.88. The van der Waals surface area contributed by atoms with Crippen LogP contribution in [0.1, 0.15) is 17.2 Å². The maximum atomic E-state index is 14.4. The lowest BCUT2D eigenvalue weighted by Gasteiger charge is -2.28. The fourth-order valence-corrected chi connectivity index (χ4v) is 4.33. The fraction of sp³-hybridized carbons (Fsp3) is 0.240. The van der Waals surface area contributed by atoms with Crippen LogP contribution in [-0.4, -0.2) is 46.3 Å². The third kappa shape index (κ3) is 6.41. The SMILES string of the molecule is CN.COc1ccc(SN(CC=O)c2c(OC)cccc2C(O)c2c(F)cccc2F)cc1OC. The summed E-state index contributed by atoms with van der Waals surface area (Å²) < 4.78 is 46.5. The van der Waals surface area contributed by atoms with E-state index in [9.17, 15) is 18.7 Å². The highest BCUT2D eigenvalue weighted by atomic mass is 32.2. The molecule has 0 aliphatic carbocycles. The van der Waals surface area contributed by atoms with E-state index >= 15 is 0 Å². The normalized spacial score (nSPS) is 11.1. The van der Waals surface area contributed by atoms with Crippen LogP contribution in [0, 0.1) is 11.6 Å². The van der Waals surface area contributed by atoms with Crippen LogP contribution in [0.4, 0.5) is 14.5 Å². The molecule has 35 heavy (non-hydrogen) atoms. The van der Waals surface area contributed by atoms with Gasteiger partial charge in [-0.15, -0.1) is 0 Å². The van der Waals surface area contributed by atoms with Crippen molar-refractivity contribution in [1.82, 2.24) is 0 Å². The Kier molecular flexibility index (Phi) is 10.8. The molecule has 0 saturated carbocycles. The van der Waals surface area contributed by atoms with Crippen molar-refractivity contribution in [3.63, 3.8) is 0 Å². The minimum Gasteiger partial charge on any atom is -0.495 e. The first-order valence-corrected chi connectivity index (χ1v) is 11.2. The number of rotatable bonds is 10. The Hall–Kier alpha value is -3.34. The second kappa shape index (κ2) is 13.5. The number of methoxy groups -OCH3 is 3. The van der Waals surface area contributed by atoms with E-state index in [-0.39, 0.29) is 12.1 Å². The average molecular weight is 507 g/mol. The van der Waals surface area contributed by atoms with Crippen LogP contribution >= 0.6 is 11.9 Å². The van der Waals surface area contributed by atoms with Crippen molar-refractivity contribution in [1.29, 1.82) is 0 Å². The lowest BCUT2D eigenvalue weighted by molar-refractivity contribution is -0.106. The molecule has 7 nitrogen and oxygen atoms in total. The first-order valence-electron chi connectivity index (χ1n) is 10.4. The molecule has 1 unspecified atom stereocenters. The number of anilines is 1. The van der Waals surface area contributed by atoms with Gasteiger partial charge in [-0.05, 0) is 55.4 Å². The highest BCUT2D eigenvalue weighted by Gasteiger charge is 2.27. The predicted molar refractivity (Wildman–Crippen MR) is 132 cm³/mol. The standard InChI is InChI=1S/C24H23F2NO5S.CH5N/c1-30-19-11-10-15(14-21(19)32-3)33-27(12-13-28)23-16(6-4-9-20(23)31-2)24(29)22-17(25)7-5-8-18(22)26;1-2/h4-11,13-14,24,29H,12H2,1-3H3;2H2,1H3. The second-order valence-electron chi connectivity index (χ2n) is 6.77. The summed E-state index contributed by atoms with van der Waals surface area (Å²) in [7, 11) is 5.96. The van der Waals surface area contributed by atoms with Crippen LogP contribution in [0.25, 0.3) is 0 Å². The second-order valence-corrected chi connectivity index (χ2v) is 7.87. The summed E-state index contributed by atoms with van der Waals surface area (Å²) >= 11 is 1.17. The highest BCUT2D eigenvalue weighted by molar-refractivity contribution is 8.00. The van der Waals surface area contributed by atoms with Gasteiger partial charge in [0, 0.05) is 10.5 Å². The van der Waals surface area contributed by atoms with E-state index in [1.54, 1.807) is 34.6 Å². The third-order valence-electron chi connectivity index (χ3n) is 4.88. The molecule has 10 heteroatoms. The van der Waals surface area contributed by atoms with Gasteiger partial charge in [0.25, 0.3) is 0 Å². The lowest BCUT2D eigenvalue weighted by Crippen LogP contribution is -2.21. The van der Waals surface area contributed by atoms with Crippen LogP contribution in [0.15, 0.2) is 59.5 Å². The molecule has 0 fully saturated rings. The zero-order valence-electron chi connectivity index (χ0n) is 19.8. The Bertz CT molecular complexity index is 1110. The molecule has 1 atom stereocenters. The molecule has 0 aliphatic heterocycles. The van der Waals surface area contributed by atoms with Gasteiger partial charge in [-0.25, -0.2) is 8.78 Å². The smallest absolute Gasteiger partial charge is 0.161 e. The monoisotopic (exact) mass is 506 g/mol. The zero-order valence-corrected chi connectivity index (χ0v) is 20.6. The molecule has 3 aromatic carbocycles. The molecule has 0 amide bonds. The Morgan fingerprint density at radius 2 is 1.54 bits per heavy atom. The fourth-order valence-electron chi connectivity index (χ4n) is 3.36. The van der Waals surface area contributed by atoms with Crippen LogP contribution in [0.5, 0.6) is 17.2 Å². The largest absolute Gasteiger partial charge is 0.495 e. The number of hydrogen-bond donors (Lipinski definition) is 2. The summed E-state index contributed by atoms with van der Waals surface area (Å²) in [6, 6.07) is 13.3. The molecule has 0 saturated heterocycles. The molecule has 0 heterocycles. The molecule has 3 aromatic rings. The zero-order chi connectivity index (χ0) is 26.0. The van der Waals surface area contributed by atoms with E-state index in [0.29, 0.717) is 34.1 Å². The Morgan fingerprint density at radius 3 is 2.11 bits per heavy atom. The summed E-state index contributed by atoms with van der Waals surface area (Å²) in [5.74, 6) is -0.427. The van der Waals surface area contributed by atoms with Crippen molar-refractivity contribution >= 4 is 23.9 Å². The quantitative estimate of drug-likeness (QED) is 0.310. The topological polar surface area (TPSA) is 94.3 Å². The van der Waals surface area contributed by atoms with Crippen molar-refractivity contribution in [3.05, 3.63) is 77.4 Å². The van der Waals surface area contributed by atoms with Gasteiger partial charge in [0.1, 0.15) is 29.8 Å². The number of carbonyl (C=O) groups excluding carboxylic acids is 1. The van der Waals surface area contributed by atoms with Crippen molar-refractivity contribution < 1.29 is 32.9 Å². The molecule has 0 spiro atoms. The van der Waals surface area contributed by atoms with Crippen molar-refractivity contribution in [2.45, 2.75) is 11.0 Å². The maximum absolute atomic E-state index is 14.4. The summed E-state index contributed by atoms with van der Waals surface area (Å²) in [4.78, 5) is 12.2. The maximum Gasteiger partial charge on any atom is 0.161 e. The van der Waals surface area contributed by atoms with Gasteiger partial charge in [0.15, 0.2) is 11.5 Å². The highest BCUT2D eigenvalue weighted by Crippen LogP contribution is 2.44. The number of ether oxygens (including phenoxy) is 3. The summed E-state index contributed by atoms with van der Waals surface area (Å²) in [6.07, 6.45) is -0.962. The number of benzene rings is 3. The molecule has 188 valence electrons. The summed E-state index contributed by atoms with van der Waals surface area (Å²) in [6.45, 7) is -0.0984. The third-order valence-corrected chi connectivity index (χ3v) is 5.90. The minimum atomic E-state index is -1.64. The molecule has 0 aliphatic rings. The van der Waals surface area contributed by atoms with Crippen molar-refractivity contribution in [2.75, 3.05) is 39.2 Å². The van der Waals surface area contributed by atoms with Crippen LogP contribution in [-0.2, 0) is 4.79 Å². The van der Waals surface area contributed by atoms with E-state index in [1.807, 2.05) is 0 Å². The van der Waals surface area contributed by atoms with Gasteiger partial charge in [0.05, 0.1) is 39.1 Å². The van der Waals surface area contributed by atoms with Gasteiger partial charge in [-0.2, -0.15) is 0 Å². The van der Waals surface area contributed by atoms with E-state index in [4.69, 9.17) is 14.2 Å². The number of aliphatic hydroxyl groups is 1. The molecule has 0 aromatic heterocycles. The first kappa shape index (κ1) is 27.9. The number of hydrogen-bond acceptors (Lipinski definition) is 8. The van der Waals surface area contributed by atoms with Gasteiger partial charge in [-0.1, -0.05) is 18.2 Å². The molecule has 3 N–H and O–H groups in total. The first-order chi connectivity index (χ1) is 16.9. The van der Waals surface area contributed by atoms with Crippen molar-refractivity contribution in [2.24, 2.45) is 5.73 Å².